The zero-order chi connectivity index (χ0) is 22.5. The Morgan fingerprint density at radius 1 is 0.867 bits per heavy atom. The first-order valence-electron chi connectivity index (χ1n) is 9.11. The molecule has 0 aliphatic heterocycles. The molecule has 0 radical (unpaired) electrons. The molecule has 30 heavy (non-hydrogen) atoms. The number of carbonyl (C=O) groups is 2. The van der Waals surface area contributed by atoms with E-state index in [1.807, 2.05) is 13.8 Å². The number of methoxy groups -OCH3 is 3. The zero-order valence-corrected chi connectivity index (χ0v) is 18.3. The molecular weight excluding hydrogens is 410 g/mol. The van der Waals surface area contributed by atoms with Crippen LogP contribution >= 0.6 is 0 Å². The van der Waals surface area contributed by atoms with Crippen molar-refractivity contribution in [3.8, 4) is 5.75 Å². The molecule has 1 N–H and O–H groups in total. The van der Waals surface area contributed by atoms with E-state index in [1.54, 1.807) is 31.4 Å². The lowest BCUT2D eigenvalue weighted by Crippen LogP contribution is -2.32. The number of esters is 2. The van der Waals surface area contributed by atoms with E-state index in [2.05, 4.69) is 14.2 Å². The van der Waals surface area contributed by atoms with Gasteiger partial charge in [-0.2, -0.15) is 0 Å². The van der Waals surface area contributed by atoms with E-state index in [9.17, 15) is 18.0 Å². The predicted octanol–water partition coefficient (Wildman–Crippen LogP) is 2.94. The molecule has 2 aromatic rings. The van der Waals surface area contributed by atoms with Crippen molar-refractivity contribution in [1.82, 2.24) is 4.72 Å². The maximum absolute atomic E-state index is 13.1. The lowest BCUT2D eigenvalue weighted by atomic mass is 9.97. The minimum Gasteiger partial charge on any atom is -0.497 e. The second-order valence-corrected chi connectivity index (χ2v) is 8.56. The van der Waals surface area contributed by atoms with Gasteiger partial charge in [0.2, 0.25) is 10.0 Å². The standard InChI is InChI=1S/C21H25NO7S/c1-13(2)19(14-6-8-17(27-3)9-7-14)22-30(25,26)18-11-15(20(23)28-4)10-16(12-18)21(24)29-5/h6-13,19,22H,1-5H3. The molecule has 0 aromatic heterocycles. The molecule has 0 aliphatic carbocycles. The smallest absolute Gasteiger partial charge is 0.337 e. The molecule has 2 rings (SSSR count). The zero-order valence-electron chi connectivity index (χ0n) is 17.5. The lowest BCUT2D eigenvalue weighted by Gasteiger charge is -2.23. The van der Waals surface area contributed by atoms with Crippen LogP contribution in [-0.2, 0) is 19.5 Å². The Balaban J connectivity index is 2.49. The minimum atomic E-state index is -4.09. The van der Waals surface area contributed by atoms with E-state index >= 15 is 0 Å². The third-order valence-corrected chi connectivity index (χ3v) is 5.90. The summed E-state index contributed by atoms with van der Waals surface area (Å²) in [5.74, 6) is -0.977. The average Bonchev–Trinajstić information content (AvgIpc) is 2.75. The summed E-state index contributed by atoms with van der Waals surface area (Å²) < 4.78 is 43.4. The van der Waals surface area contributed by atoms with Crippen LogP contribution in [0.15, 0.2) is 47.4 Å². The van der Waals surface area contributed by atoms with E-state index in [-0.39, 0.29) is 21.9 Å². The number of sulfonamides is 1. The number of benzene rings is 2. The Labute approximate surface area is 176 Å². The molecule has 8 nitrogen and oxygen atoms in total. The molecule has 162 valence electrons. The molecule has 0 spiro atoms. The summed E-state index contributed by atoms with van der Waals surface area (Å²) in [5, 5.41) is 0. The van der Waals surface area contributed by atoms with Crippen LogP contribution in [0, 0.1) is 5.92 Å². The van der Waals surface area contributed by atoms with Crippen LogP contribution in [-0.4, -0.2) is 41.7 Å². The Morgan fingerprint density at radius 3 is 1.77 bits per heavy atom. The summed E-state index contributed by atoms with van der Waals surface area (Å²) in [6, 6.07) is 10.0. The lowest BCUT2D eigenvalue weighted by molar-refractivity contribution is 0.0598. The van der Waals surface area contributed by atoms with Crippen molar-refractivity contribution in [1.29, 1.82) is 0 Å². The minimum absolute atomic E-state index is 0.0775. The van der Waals surface area contributed by atoms with Crippen LogP contribution in [0.1, 0.15) is 46.2 Å². The monoisotopic (exact) mass is 435 g/mol. The van der Waals surface area contributed by atoms with Gasteiger partial charge >= 0.3 is 11.9 Å². The van der Waals surface area contributed by atoms with Gasteiger partial charge in [0.1, 0.15) is 5.75 Å². The third-order valence-electron chi connectivity index (χ3n) is 4.48. The Bertz CT molecular complexity index is 980. The summed E-state index contributed by atoms with van der Waals surface area (Å²) >= 11 is 0. The first kappa shape index (κ1) is 23.4. The van der Waals surface area contributed by atoms with Gasteiger partial charge in [0.15, 0.2) is 0 Å². The SMILES string of the molecule is COC(=O)c1cc(C(=O)OC)cc(S(=O)(=O)NC(c2ccc(OC)cc2)C(C)C)c1. The predicted molar refractivity (Wildman–Crippen MR) is 110 cm³/mol. The molecule has 9 heteroatoms. The Kier molecular flexibility index (Phi) is 7.58. The van der Waals surface area contributed by atoms with Crippen molar-refractivity contribution >= 4 is 22.0 Å². The van der Waals surface area contributed by atoms with Crippen LogP contribution in [0.5, 0.6) is 5.75 Å². The largest absolute Gasteiger partial charge is 0.497 e. The molecule has 1 atom stereocenters. The molecule has 0 saturated heterocycles. The maximum Gasteiger partial charge on any atom is 0.337 e. The van der Waals surface area contributed by atoms with Crippen LogP contribution in [0.2, 0.25) is 0 Å². The number of hydrogen-bond donors (Lipinski definition) is 1. The highest BCUT2D eigenvalue weighted by Gasteiger charge is 2.26. The molecule has 0 heterocycles. The molecule has 0 bridgehead atoms. The maximum atomic E-state index is 13.1. The number of rotatable bonds is 8. The highest BCUT2D eigenvalue weighted by Crippen LogP contribution is 2.27. The van der Waals surface area contributed by atoms with Crippen molar-refractivity contribution in [3.63, 3.8) is 0 Å². The van der Waals surface area contributed by atoms with Gasteiger partial charge in [-0.25, -0.2) is 22.7 Å². The van der Waals surface area contributed by atoms with E-state index in [4.69, 9.17) is 4.74 Å². The number of carbonyl (C=O) groups excluding carboxylic acids is 2. The molecule has 0 fully saturated rings. The number of ether oxygens (including phenoxy) is 3. The van der Waals surface area contributed by atoms with E-state index in [0.29, 0.717) is 5.75 Å². The van der Waals surface area contributed by atoms with Crippen molar-refractivity contribution in [2.75, 3.05) is 21.3 Å². The second kappa shape index (κ2) is 9.73. The van der Waals surface area contributed by atoms with Gasteiger partial charge in [-0.3, -0.25) is 0 Å². The molecule has 0 saturated carbocycles. The molecule has 2 aromatic carbocycles. The highest BCUT2D eigenvalue weighted by molar-refractivity contribution is 7.89. The summed E-state index contributed by atoms with van der Waals surface area (Å²) in [6.45, 7) is 3.75. The Hall–Kier alpha value is -2.91. The summed E-state index contributed by atoms with van der Waals surface area (Å²) in [4.78, 5) is 23.7. The van der Waals surface area contributed by atoms with Crippen molar-refractivity contribution in [3.05, 3.63) is 59.2 Å². The van der Waals surface area contributed by atoms with E-state index < -0.39 is 28.0 Å². The fourth-order valence-electron chi connectivity index (χ4n) is 2.86. The van der Waals surface area contributed by atoms with Gasteiger partial charge in [-0.15, -0.1) is 0 Å². The molecule has 1 unspecified atom stereocenters. The van der Waals surface area contributed by atoms with Gasteiger partial charge in [0.25, 0.3) is 0 Å². The van der Waals surface area contributed by atoms with Gasteiger partial charge in [0, 0.05) is 6.04 Å². The van der Waals surface area contributed by atoms with Crippen LogP contribution in [0.3, 0.4) is 0 Å². The second-order valence-electron chi connectivity index (χ2n) is 6.85. The quantitative estimate of drug-likeness (QED) is 0.635. The van der Waals surface area contributed by atoms with Gasteiger partial charge < -0.3 is 14.2 Å². The Morgan fingerprint density at radius 2 is 1.37 bits per heavy atom. The van der Waals surface area contributed by atoms with Crippen LogP contribution in [0.25, 0.3) is 0 Å². The number of nitrogens with one attached hydrogen (secondary N) is 1. The number of hydrogen-bond acceptors (Lipinski definition) is 7. The average molecular weight is 435 g/mol. The summed E-state index contributed by atoms with van der Waals surface area (Å²) in [6.07, 6.45) is 0. The van der Waals surface area contributed by atoms with Gasteiger partial charge in [-0.1, -0.05) is 26.0 Å². The molecule has 0 amide bonds. The fraction of sp³-hybridized carbons (Fsp3) is 0.333. The van der Waals surface area contributed by atoms with E-state index in [0.717, 1.165) is 31.9 Å². The van der Waals surface area contributed by atoms with Crippen LogP contribution in [0.4, 0.5) is 0 Å². The van der Waals surface area contributed by atoms with E-state index in [1.165, 1.54) is 6.07 Å². The molecular formula is C21H25NO7S. The first-order valence-corrected chi connectivity index (χ1v) is 10.6. The summed E-state index contributed by atoms with van der Waals surface area (Å²) in [7, 11) is -0.218. The van der Waals surface area contributed by atoms with Gasteiger partial charge in [0.05, 0.1) is 37.4 Å². The highest BCUT2D eigenvalue weighted by atomic mass is 32.2. The first-order chi connectivity index (χ1) is 14.1. The normalized spacial score (nSPS) is 12.3. The molecule has 0 aliphatic rings. The van der Waals surface area contributed by atoms with Crippen molar-refractivity contribution in [2.24, 2.45) is 5.92 Å². The van der Waals surface area contributed by atoms with Crippen molar-refractivity contribution in [2.45, 2.75) is 24.8 Å². The van der Waals surface area contributed by atoms with Gasteiger partial charge in [-0.05, 0) is 41.8 Å². The topological polar surface area (TPSA) is 108 Å². The van der Waals surface area contributed by atoms with Crippen LogP contribution < -0.4 is 9.46 Å². The third kappa shape index (κ3) is 5.37. The van der Waals surface area contributed by atoms with Crippen molar-refractivity contribution < 1.29 is 32.2 Å². The summed E-state index contributed by atoms with van der Waals surface area (Å²) in [5.41, 5.74) is 0.587. The fourth-order valence-corrected chi connectivity index (χ4v) is 4.30.